The first kappa shape index (κ1) is 43.0. The molecule has 334 valence electrons. The Morgan fingerprint density at radius 2 is 0.868 bits per heavy atom. The third-order valence-corrected chi connectivity index (χ3v) is 17.0. The molecule has 68 heavy (non-hydrogen) atoms. The van der Waals surface area contributed by atoms with E-state index in [9.17, 15) is 0 Å². The molecule has 0 radical (unpaired) electrons. The van der Waals surface area contributed by atoms with Gasteiger partial charge in [0.2, 0.25) is 0 Å². The molecule has 6 heterocycles. The minimum absolute atomic E-state index is 0.154. The maximum atomic E-state index is 6.21. The molecular formula is C54H40N6O2S6. The van der Waals surface area contributed by atoms with Crippen LogP contribution in [0.3, 0.4) is 0 Å². The number of benzene rings is 6. The highest BCUT2D eigenvalue weighted by Crippen LogP contribution is 2.52. The zero-order chi connectivity index (χ0) is 45.9. The molecule has 4 aliphatic rings. The van der Waals surface area contributed by atoms with Gasteiger partial charge in [-0.15, -0.1) is 22.7 Å². The third-order valence-electron chi connectivity index (χ3n) is 12.5. The number of amidine groups is 2. The number of methoxy groups -OCH3 is 2. The lowest BCUT2D eigenvalue weighted by atomic mass is 10.0. The highest BCUT2D eigenvalue weighted by molar-refractivity contribution is 8.17. The summed E-state index contributed by atoms with van der Waals surface area (Å²) in [6.07, 6.45) is 1.78. The second-order valence-electron chi connectivity index (χ2n) is 16.4. The van der Waals surface area contributed by atoms with Crippen molar-refractivity contribution in [2.24, 2.45) is 9.98 Å². The van der Waals surface area contributed by atoms with Crippen molar-refractivity contribution < 1.29 is 9.47 Å². The number of fused-ring (bicyclic) bond motifs is 6. The maximum Gasteiger partial charge on any atom is 0.174 e. The van der Waals surface area contributed by atoms with Gasteiger partial charge in [0.15, 0.2) is 18.2 Å². The molecule has 2 atom stereocenters. The molecule has 4 aliphatic heterocycles. The molecular weight excluding hydrogens is 957 g/mol. The number of anilines is 2. The average molecular weight is 997 g/mol. The molecule has 0 bridgehead atoms. The molecule has 0 fully saturated rings. The zero-order valence-corrected chi connectivity index (χ0v) is 41.6. The van der Waals surface area contributed by atoms with Crippen molar-refractivity contribution in [2.45, 2.75) is 24.9 Å². The molecule has 0 spiro atoms. The van der Waals surface area contributed by atoms with Crippen molar-refractivity contribution in [2.75, 3.05) is 24.0 Å². The van der Waals surface area contributed by atoms with Crippen molar-refractivity contribution in [1.82, 2.24) is 9.13 Å². The van der Waals surface area contributed by atoms with Crippen molar-refractivity contribution in [3.05, 3.63) is 220 Å². The van der Waals surface area contributed by atoms with Crippen LogP contribution in [0.1, 0.15) is 55.2 Å². The van der Waals surface area contributed by atoms with E-state index in [1.54, 1.807) is 60.4 Å². The summed E-state index contributed by atoms with van der Waals surface area (Å²) in [5, 5.41) is 6.25. The van der Waals surface area contributed by atoms with E-state index in [2.05, 4.69) is 151 Å². The topological polar surface area (TPSA) is 59.5 Å². The molecule has 0 saturated carbocycles. The van der Waals surface area contributed by atoms with Crippen molar-refractivity contribution >= 4 is 104 Å². The standard InChI is InChI=1S/C54H40N6O2S6/c1-61-41-27-19-35(20-28-41)43-31-65-51-55-45(37-9-5-3-6-10-37)47-49(59(43)51)57(53(63)67-47)39-23-15-33(16-24-39)13-14-34-17-25-40(26-18-34)58-50-48(68-54(58)64)46(38-11-7-4-8-12-38)56-52-60(50)44(32-66-52)36-21-29-42(62-2)30-22-36/h3-12,15-32,45-46H,13-14H2,1-2H3. The van der Waals surface area contributed by atoms with Crippen LogP contribution in [0.2, 0.25) is 0 Å². The van der Waals surface area contributed by atoms with Crippen LogP contribution in [-0.4, -0.2) is 33.7 Å². The highest BCUT2D eigenvalue weighted by Gasteiger charge is 2.40. The number of thioether (sulfide) groups is 2. The Bertz CT molecular complexity index is 3230. The summed E-state index contributed by atoms with van der Waals surface area (Å²) in [5.74, 6) is 3.73. The van der Waals surface area contributed by atoms with Crippen LogP contribution < -0.4 is 19.3 Å². The minimum Gasteiger partial charge on any atom is -0.497 e. The lowest BCUT2D eigenvalue weighted by molar-refractivity contribution is 0.414. The van der Waals surface area contributed by atoms with Crippen LogP contribution in [0.5, 0.6) is 11.5 Å². The number of hydrogen-bond acceptors (Lipinski definition) is 12. The van der Waals surface area contributed by atoms with Crippen LogP contribution in [0, 0.1) is 7.91 Å². The highest BCUT2D eigenvalue weighted by atomic mass is 32.2. The van der Waals surface area contributed by atoms with E-state index in [1.165, 1.54) is 11.1 Å². The van der Waals surface area contributed by atoms with Crippen LogP contribution in [-0.2, 0) is 12.8 Å². The maximum absolute atomic E-state index is 6.21. The quantitative estimate of drug-likeness (QED) is 0.119. The summed E-state index contributed by atoms with van der Waals surface area (Å²) in [7, 11) is 3.39. The van der Waals surface area contributed by atoms with Gasteiger partial charge in [-0.25, -0.2) is 9.98 Å². The van der Waals surface area contributed by atoms with Crippen LogP contribution in [0.4, 0.5) is 11.6 Å². The fourth-order valence-electron chi connectivity index (χ4n) is 9.11. The van der Waals surface area contributed by atoms with Crippen LogP contribution in [0.15, 0.2) is 179 Å². The second kappa shape index (κ2) is 18.0. The zero-order valence-electron chi connectivity index (χ0n) is 36.7. The Balaban J connectivity index is 0.824. The normalized spacial score (nSPS) is 16.8. The van der Waals surface area contributed by atoms with Gasteiger partial charge >= 0.3 is 0 Å². The Labute approximate surface area is 420 Å². The van der Waals surface area contributed by atoms with Gasteiger partial charge in [-0.05, 0) is 143 Å². The van der Waals surface area contributed by atoms with Crippen LogP contribution in [0.25, 0.3) is 22.8 Å². The first-order valence-electron chi connectivity index (χ1n) is 22.0. The largest absolute Gasteiger partial charge is 0.497 e. The molecule has 12 rings (SSSR count). The molecule has 8 aromatic rings. The summed E-state index contributed by atoms with van der Waals surface area (Å²) in [6.45, 7) is 0. The van der Waals surface area contributed by atoms with Crippen molar-refractivity contribution in [3.63, 3.8) is 0 Å². The van der Waals surface area contributed by atoms with Gasteiger partial charge in [-0.2, -0.15) is 0 Å². The summed E-state index contributed by atoms with van der Waals surface area (Å²) in [5.41, 5.74) is 11.1. The van der Waals surface area contributed by atoms with E-state index >= 15 is 0 Å². The van der Waals surface area contributed by atoms with E-state index < -0.39 is 0 Å². The monoisotopic (exact) mass is 996 g/mol. The molecule has 6 aromatic carbocycles. The minimum atomic E-state index is -0.154. The van der Waals surface area contributed by atoms with E-state index in [0.717, 1.165) is 109 Å². The van der Waals surface area contributed by atoms with Gasteiger partial charge in [0.05, 0.1) is 35.4 Å². The average Bonchev–Trinajstić information content (AvgIpc) is 4.18. The van der Waals surface area contributed by atoms with Crippen LogP contribution >= 0.6 is 70.6 Å². The van der Waals surface area contributed by atoms with E-state index in [4.69, 9.17) is 43.9 Å². The number of rotatable bonds is 11. The number of hydrogen-bond donors (Lipinski definition) is 0. The Hall–Kier alpha value is -6.26. The molecule has 8 nitrogen and oxygen atoms in total. The summed E-state index contributed by atoms with van der Waals surface area (Å²) in [6, 6.07) is 54.9. The number of nitrogens with zero attached hydrogens (tertiary/aromatic N) is 6. The van der Waals surface area contributed by atoms with Gasteiger partial charge in [0, 0.05) is 22.2 Å². The van der Waals surface area contributed by atoms with Gasteiger partial charge in [0.25, 0.3) is 0 Å². The fourth-order valence-corrected chi connectivity index (χ4v) is 13.9. The first-order chi connectivity index (χ1) is 33.4. The smallest absolute Gasteiger partial charge is 0.174 e. The molecule has 2 aromatic heterocycles. The number of aromatic nitrogens is 2. The number of ether oxygens (including phenoxy) is 2. The Morgan fingerprint density at radius 1 is 0.485 bits per heavy atom. The Kier molecular flexibility index (Phi) is 11.4. The van der Waals surface area contributed by atoms with Gasteiger partial charge in [0.1, 0.15) is 35.2 Å². The van der Waals surface area contributed by atoms with E-state index in [-0.39, 0.29) is 12.1 Å². The SMILES string of the molecule is COc1ccc(C2=CSC3=NC(c4ccccc4)c4sc(=S)n(-c5ccc(CCc6ccc(-n7c8c(sc7=S)C(c7ccccc7)N=C7SC=C(c9ccc(OC)cc9)N78)cc6)cc5)c4N23)cc1. The number of thiazole rings is 2. The number of aryl methyl sites for hydroxylation is 2. The summed E-state index contributed by atoms with van der Waals surface area (Å²) in [4.78, 5) is 17.5. The predicted octanol–water partition coefficient (Wildman–Crippen LogP) is 14.7. The molecule has 0 amide bonds. The lowest BCUT2D eigenvalue weighted by Crippen LogP contribution is -2.30. The summed E-state index contributed by atoms with van der Waals surface area (Å²) < 4.78 is 17.0. The van der Waals surface area contributed by atoms with Gasteiger partial charge in [-0.3, -0.25) is 18.9 Å². The van der Waals surface area contributed by atoms with Crippen molar-refractivity contribution in [1.29, 1.82) is 0 Å². The number of aliphatic imine (C=N–C) groups is 2. The second-order valence-corrected chi connectivity index (χ2v) is 21.5. The molecule has 0 N–H and O–H groups in total. The molecule has 0 aliphatic carbocycles. The fraction of sp³-hybridized carbons (Fsp3) is 0.111. The molecule has 0 saturated heterocycles. The lowest BCUT2D eigenvalue weighted by Gasteiger charge is -2.31. The van der Waals surface area contributed by atoms with Gasteiger partial charge < -0.3 is 9.47 Å². The molecule has 2 unspecified atom stereocenters. The Morgan fingerprint density at radius 3 is 1.24 bits per heavy atom. The predicted molar refractivity (Wildman–Crippen MR) is 290 cm³/mol. The molecule has 14 heteroatoms. The van der Waals surface area contributed by atoms with Gasteiger partial charge in [-0.1, -0.05) is 108 Å². The van der Waals surface area contributed by atoms with E-state index in [1.807, 2.05) is 36.4 Å². The first-order valence-corrected chi connectivity index (χ1v) is 26.2. The van der Waals surface area contributed by atoms with Crippen molar-refractivity contribution in [3.8, 4) is 22.9 Å². The summed E-state index contributed by atoms with van der Waals surface area (Å²) >= 11 is 19.0. The third kappa shape index (κ3) is 7.60. The van der Waals surface area contributed by atoms with E-state index in [0.29, 0.717) is 0 Å².